The van der Waals surface area contributed by atoms with Gasteiger partial charge in [0.2, 0.25) is 0 Å². The van der Waals surface area contributed by atoms with Crippen molar-refractivity contribution in [1.82, 2.24) is 0 Å². The lowest BCUT2D eigenvalue weighted by Gasteiger charge is -2.14. The summed E-state index contributed by atoms with van der Waals surface area (Å²) in [6.07, 6.45) is 26.5. The first kappa shape index (κ1) is 17.3. The zero-order chi connectivity index (χ0) is 14.3. The average Bonchev–Trinajstić information content (AvgIpc) is 2.49. The second-order valence-corrected chi connectivity index (χ2v) is 6.07. The molecule has 0 radical (unpaired) electrons. The molecule has 0 aromatic carbocycles. The highest BCUT2D eigenvalue weighted by atomic mass is 16.5. The van der Waals surface area contributed by atoms with E-state index in [4.69, 9.17) is 4.74 Å². The van der Waals surface area contributed by atoms with Crippen molar-refractivity contribution in [2.24, 2.45) is 0 Å². The highest BCUT2D eigenvalue weighted by molar-refractivity contribution is 5.07. The number of hydrogen-bond donors (Lipinski definition) is 0. The Morgan fingerprint density at radius 2 is 1.25 bits per heavy atom. The summed E-state index contributed by atoms with van der Waals surface area (Å²) in [5, 5.41) is 0. The Bertz CT molecular complexity index is 254. The van der Waals surface area contributed by atoms with E-state index >= 15 is 0 Å². The number of rotatable bonds is 13. The standard InChI is InChI=1S/C19H34O/c1-2-3-4-5-6-7-8-9-10-11-12-13-16-19-17-14-15-18-20-19/h14-15,17-19H,2-13,16H2,1H3. The Morgan fingerprint density at radius 1 is 0.700 bits per heavy atom. The van der Waals surface area contributed by atoms with Crippen LogP contribution in [0.2, 0.25) is 0 Å². The summed E-state index contributed by atoms with van der Waals surface area (Å²) >= 11 is 0. The second-order valence-electron chi connectivity index (χ2n) is 6.07. The fourth-order valence-electron chi connectivity index (χ4n) is 2.78. The molecule has 1 aliphatic heterocycles. The smallest absolute Gasteiger partial charge is 0.116 e. The molecule has 1 heterocycles. The fourth-order valence-corrected chi connectivity index (χ4v) is 2.78. The molecule has 0 bridgehead atoms. The predicted octanol–water partition coefficient (Wildman–Crippen LogP) is 6.55. The van der Waals surface area contributed by atoms with Gasteiger partial charge in [0, 0.05) is 0 Å². The van der Waals surface area contributed by atoms with Crippen molar-refractivity contribution in [3.05, 3.63) is 24.5 Å². The third kappa shape index (κ3) is 10.1. The Kier molecular flexibility index (Phi) is 11.5. The van der Waals surface area contributed by atoms with Gasteiger partial charge in [-0.25, -0.2) is 0 Å². The maximum Gasteiger partial charge on any atom is 0.116 e. The van der Waals surface area contributed by atoms with E-state index in [0.717, 1.165) is 0 Å². The first-order valence-corrected chi connectivity index (χ1v) is 8.92. The molecule has 1 unspecified atom stereocenters. The zero-order valence-corrected chi connectivity index (χ0v) is 13.5. The van der Waals surface area contributed by atoms with Gasteiger partial charge < -0.3 is 4.74 Å². The van der Waals surface area contributed by atoms with Gasteiger partial charge in [-0.05, 0) is 25.0 Å². The Hall–Kier alpha value is -0.720. The molecular weight excluding hydrogens is 244 g/mol. The van der Waals surface area contributed by atoms with Gasteiger partial charge in [-0.2, -0.15) is 0 Å². The monoisotopic (exact) mass is 278 g/mol. The molecule has 1 heteroatoms. The molecule has 1 aliphatic rings. The van der Waals surface area contributed by atoms with E-state index in [1.807, 2.05) is 12.3 Å². The molecule has 0 fully saturated rings. The summed E-state index contributed by atoms with van der Waals surface area (Å²) in [5.41, 5.74) is 0. The summed E-state index contributed by atoms with van der Waals surface area (Å²) in [7, 11) is 0. The largest absolute Gasteiger partial charge is 0.494 e. The molecule has 116 valence electrons. The molecule has 1 atom stereocenters. The molecule has 1 nitrogen and oxygen atoms in total. The topological polar surface area (TPSA) is 9.23 Å². The SMILES string of the molecule is CCCCCCCCCCCCCCC1C=CC=CO1. The highest BCUT2D eigenvalue weighted by Crippen LogP contribution is 2.15. The normalized spacial score (nSPS) is 17.4. The van der Waals surface area contributed by atoms with Crippen LogP contribution in [0.3, 0.4) is 0 Å². The van der Waals surface area contributed by atoms with Crippen molar-refractivity contribution >= 4 is 0 Å². The number of allylic oxidation sites excluding steroid dienone is 2. The third-order valence-corrected chi connectivity index (χ3v) is 4.11. The van der Waals surface area contributed by atoms with Crippen LogP contribution in [0.25, 0.3) is 0 Å². The quantitative estimate of drug-likeness (QED) is 0.347. The summed E-state index contributed by atoms with van der Waals surface area (Å²) in [6.45, 7) is 2.29. The van der Waals surface area contributed by atoms with Crippen molar-refractivity contribution in [3.8, 4) is 0 Å². The van der Waals surface area contributed by atoms with Gasteiger partial charge in [0.1, 0.15) is 6.10 Å². The van der Waals surface area contributed by atoms with Crippen LogP contribution in [0.15, 0.2) is 24.5 Å². The van der Waals surface area contributed by atoms with Gasteiger partial charge in [-0.1, -0.05) is 83.6 Å². The molecule has 0 N–H and O–H groups in total. The summed E-state index contributed by atoms with van der Waals surface area (Å²) in [6, 6.07) is 0. The van der Waals surface area contributed by atoms with E-state index in [0.29, 0.717) is 6.10 Å². The number of hydrogen-bond acceptors (Lipinski definition) is 1. The van der Waals surface area contributed by atoms with Gasteiger partial charge in [-0.15, -0.1) is 0 Å². The Morgan fingerprint density at radius 3 is 1.75 bits per heavy atom. The van der Waals surface area contributed by atoms with Crippen molar-refractivity contribution < 1.29 is 4.74 Å². The van der Waals surface area contributed by atoms with E-state index in [9.17, 15) is 0 Å². The van der Waals surface area contributed by atoms with E-state index in [1.165, 1.54) is 83.5 Å². The van der Waals surface area contributed by atoms with Gasteiger partial charge in [0.25, 0.3) is 0 Å². The van der Waals surface area contributed by atoms with Gasteiger partial charge in [0.15, 0.2) is 0 Å². The van der Waals surface area contributed by atoms with Crippen molar-refractivity contribution in [3.63, 3.8) is 0 Å². The van der Waals surface area contributed by atoms with E-state index in [1.54, 1.807) is 0 Å². The van der Waals surface area contributed by atoms with E-state index in [2.05, 4.69) is 19.1 Å². The summed E-state index contributed by atoms with van der Waals surface area (Å²) < 4.78 is 5.51. The molecule has 20 heavy (non-hydrogen) atoms. The minimum Gasteiger partial charge on any atom is -0.494 e. The first-order valence-electron chi connectivity index (χ1n) is 8.92. The molecule has 0 aromatic rings. The number of ether oxygens (including phenoxy) is 1. The molecule has 0 aliphatic carbocycles. The maximum absolute atomic E-state index is 5.51. The fraction of sp³-hybridized carbons (Fsp3) is 0.789. The summed E-state index contributed by atoms with van der Waals surface area (Å²) in [5.74, 6) is 0. The van der Waals surface area contributed by atoms with Crippen LogP contribution in [-0.2, 0) is 4.74 Å². The first-order chi connectivity index (χ1) is 9.93. The lowest BCUT2D eigenvalue weighted by Crippen LogP contribution is -2.07. The molecule has 1 rings (SSSR count). The van der Waals surface area contributed by atoms with Gasteiger partial charge >= 0.3 is 0 Å². The predicted molar refractivity (Wildman–Crippen MR) is 88.8 cm³/mol. The molecular formula is C19H34O. The van der Waals surface area contributed by atoms with Crippen LogP contribution in [-0.4, -0.2) is 6.10 Å². The van der Waals surface area contributed by atoms with Crippen LogP contribution in [0.1, 0.15) is 90.4 Å². The van der Waals surface area contributed by atoms with Crippen molar-refractivity contribution in [2.75, 3.05) is 0 Å². The molecule has 0 spiro atoms. The Balaban J connectivity index is 1.72. The third-order valence-electron chi connectivity index (χ3n) is 4.11. The van der Waals surface area contributed by atoms with Crippen LogP contribution < -0.4 is 0 Å². The van der Waals surface area contributed by atoms with Crippen molar-refractivity contribution in [2.45, 2.75) is 96.5 Å². The van der Waals surface area contributed by atoms with Crippen LogP contribution in [0, 0.1) is 0 Å². The summed E-state index contributed by atoms with van der Waals surface area (Å²) in [4.78, 5) is 0. The van der Waals surface area contributed by atoms with Gasteiger partial charge in [-0.3, -0.25) is 0 Å². The van der Waals surface area contributed by atoms with E-state index in [-0.39, 0.29) is 0 Å². The van der Waals surface area contributed by atoms with Crippen LogP contribution in [0.4, 0.5) is 0 Å². The van der Waals surface area contributed by atoms with Gasteiger partial charge in [0.05, 0.1) is 6.26 Å². The van der Waals surface area contributed by atoms with E-state index < -0.39 is 0 Å². The lowest BCUT2D eigenvalue weighted by molar-refractivity contribution is 0.170. The molecule has 0 aromatic heterocycles. The average molecular weight is 278 g/mol. The second kappa shape index (κ2) is 13.3. The maximum atomic E-state index is 5.51. The van der Waals surface area contributed by atoms with Crippen molar-refractivity contribution in [1.29, 1.82) is 0 Å². The molecule has 0 amide bonds. The molecule has 0 saturated carbocycles. The number of unbranched alkanes of at least 4 members (excludes halogenated alkanes) is 11. The van der Waals surface area contributed by atoms with Crippen LogP contribution in [0.5, 0.6) is 0 Å². The Labute approximate surface area is 126 Å². The van der Waals surface area contributed by atoms with Crippen LogP contribution >= 0.6 is 0 Å². The molecule has 0 saturated heterocycles. The minimum absolute atomic E-state index is 0.336. The minimum atomic E-state index is 0.336. The zero-order valence-electron chi connectivity index (χ0n) is 13.5. The highest BCUT2D eigenvalue weighted by Gasteiger charge is 2.04. The lowest BCUT2D eigenvalue weighted by atomic mass is 10.0.